The Morgan fingerprint density at radius 2 is 2.09 bits per heavy atom. The van der Waals surface area contributed by atoms with Gasteiger partial charge in [-0.2, -0.15) is 0 Å². The van der Waals surface area contributed by atoms with Crippen LogP contribution in [0.2, 0.25) is 0 Å². The maximum Gasteiger partial charge on any atom is 0.209 e. The van der Waals surface area contributed by atoms with Gasteiger partial charge in [-0.1, -0.05) is 13.8 Å². The first-order valence-corrected chi connectivity index (χ1v) is 8.24. The maximum absolute atomic E-state index is 10.7. The third-order valence-corrected chi connectivity index (χ3v) is 5.35. The second kappa shape index (κ2) is 4.83. The molecule has 2 aromatic heterocycles. The van der Waals surface area contributed by atoms with Crippen LogP contribution < -0.4 is 0 Å². The highest BCUT2D eigenvalue weighted by atomic mass is 16.1. The number of nitrogens with zero attached hydrogens (tertiary/aromatic N) is 3. The molecule has 1 aliphatic carbocycles. The lowest BCUT2D eigenvalue weighted by atomic mass is 9.58. The van der Waals surface area contributed by atoms with Gasteiger partial charge in [0.15, 0.2) is 0 Å². The molecule has 116 valence electrons. The highest BCUT2D eigenvalue weighted by molar-refractivity contribution is 5.76. The standard InChI is InChI=1S/C18H23N3O/c1-13(2)16-4-3-15-5-6-21(17(15)19-16)9-14-7-18(8-14)10-20(11-18)12-22/h3-6,12-14H,7-11H2,1-2H3. The van der Waals surface area contributed by atoms with E-state index in [1.165, 1.54) is 18.2 Å². The quantitative estimate of drug-likeness (QED) is 0.814. The number of fused-ring (bicyclic) bond motifs is 1. The molecule has 4 rings (SSSR count). The fourth-order valence-corrected chi connectivity index (χ4v) is 4.26. The lowest BCUT2D eigenvalue weighted by Gasteiger charge is -2.58. The number of pyridine rings is 1. The SMILES string of the molecule is CC(C)c1ccc2ccn(CC3CC4(C3)CN(C=O)C4)c2n1. The van der Waals surface area contributed by atoms with Gasteiger partial charge in [0.1, 0.15) is 5.65 Å². The number of hydrogen-bond donors (Lipinski definition) is 0. The summed E-state index contributed by atoms with van der Waals surface area (Å²) in [6.45, 7) is 7.37. The normalized spacial score (nSPS) is 20.4. The molecule has 1 spiro atoms. The highest BCUT2D eigenvalue weighted by Crippen LogP contribution is 2.52. The molecule has 1 saturated heterocycles. The van der Waals surface area contributed by atoms with Crippen molar-refractivity contribution in [2.24, 2.45) is 11.3 Å². The van der Waals surface area contributed by atoms with Gasteiger partial charge >= 0.3 is 0 Å². The van der Waals surface area contributed by atoms with Crippen LogP contribution in [0.3, 0.4) is 0 Å². The minimum Gasteiger partial charge on any atom is -0.344 e. The van der Waals surface area contributed by atoms with Crippen LogP contribution in [0.25, 0.3) is 11.0 Å². The lowest BCUT2D eigenvalue weighted by Crippen LogP contribution is -2.62. The van der Waals surface area contributed by atoms with Gasteiger partial charge in [0.05, 0.1) is 0 Å². The molecule has 0 radical (unpaired) electrons. The molecule has 1 amide bonds. The summed E-state index contributed by atoms with van der Waals surface area (Å²) in [5, 5.41) is 1.23. The second-order valence-corrected chi connectivity index (χ2v) is 7.56. The van der Waals surface area contributed by atoms with Crippen molar-refractivity contribution in [2.45, 2.75) is 39.2 Å². The van der Waals surface area contributed by atoms with Gasteiger partial charge in [-0.3, -0.25) is 4.79 Å². The maximum atomic E-state index is 10.7. The summed E-state index contributed by atoms with van der Waals surface area (Å²) in [5.74, 6) is 1.19. The monoisotopic (exact) mass is 297 g/mol. The predicted molar refractivity (Wildman–Crippen MR) is 86.6 cm³/mol. The zero-order chi connectivity index (χ0) is 15.3. The Morgan fingerprint density at radius 3 is 2.77 bits per heavy atom. The van der Waals surface area contributed by atoms with Crippen molar-refractivity contribution >= 4 is 17.4 Å². The minimum absolute atomic E-state index is 0.449. The van der Waals surface area contributed by atoms with Crippen molar-refractivity contribution in [3.05, 3.63) is 30.1 Å². The van der Waals surface area contributed by atoms with Crippen molar-refractivity contribution < 1.29 is 4.79 Å². The van der Waals surface area contributed by atoms with E-state index in [1.54, 1.807) is 0 Å². The fourth-order valence-electron chi connectivity index (χ4n) is 4.26. The molecule has 4 heteroatoms. The van der Waals surface area contributed by atoms with Gasteiger partial charge < -0.3 is 9.47 Å². The summed E-state index contributed by atoms with van der Waals surface area (Å²) >= 11 is 0. The summed E-state index contributed by atoms with van der Waals surface area (Å²) in [6.07, 6.45) is 5.66. The average Bonchev–Trinajstić information content (AvgIpc) is 2.82. The van der Waals surface area contributed by atoms with Gasteiger partial charge in [-0.15, -0.1) is 0 Å². The van der Waals surface area contributed by atoms with E-state index in [0.29, 0.717) is 11.3 Å². The first kappa shape index (κ1) is 13.8. The van der Waals surface area contributed by atoms with E-state index in [2.05, 4.69) is 42.8 Å². The third-order valence-electron chi connectivity index (χ3n) is 5.35. The Morgan fingerprint density at radius 1 is 1.32 bits per heavy atom. The Kier molecular flexibility index (Phi) is 3.03. The Hall–Kier alpha value is -1.84. The van der Waals surface area contributed by atoms with E-state index >= 15 is 0 Å². The largest absolute Gasteiger partial charge is 0.344 e. The minimum atomic E-state index is 0.449. The number of likely N-dealkylation sites (tertiary alicyclic amines) is 1. The molecule has 0 unspecified atom stereocenters. The van der Waals surface area contributed by atoms with Gasteiger partial charge in [0.25, 0.3) is 0 Å². The summed E-state index contributed by atoms with van der Waals surface area (Å²) in [7, 11) is 0. The van der Waals surface area contributed by atoms with Crippen molar-refractivity contribution in [1.29, 1.82) is 0 Å². The molecule has 0 atom stereocenters. The van der Waals surface area contributed by atoms with Crippen molar-refractivity contribution in [3.63, 3.8) is 0 Å². The summed E-state index contributed by atoms with van der Waals surface area (Å²) in [6, 6.07) is 6.49. The number of hydrogen-bond acceptors (Lipinski definition) is 2. The number of amides is 1. The summed E-state index contributed by atoms with van der Waals surface area (Å²) in [5.41, 5.74) is 2.74. The fraction of sp³-hybridized carbons (Fsp3) is 0.556. The van der Waals surface area contributed by atoms with E-state index in [-0.39, 0.29) is 0 Å². The van der Waals surface area contributed by atoms with Crippen LogP contribution in [0.5, 0.6) is 0 Å². The number of carbonyl (C=O) groups is 1. The van der Waals surface area contributed by atoms with Crippen molar-refractivity contribution in [2.75, 3.05) is 13.1 Å². The Bertz CT molecular complexity index is 704. The van der Waals surface area contributed by atoms with Gasteiger partial charge in [-0.25, -0.2) is 4.98 Å². The Balaban J connectivity index is 1.47. The summed E-state index contributed by atoms with van der Waals surface area (Å²) in [4.78, 5) is 17.4. The predicted octanol–water partition coefficient (Wildman–Crippen LogP) is 3.03. The zero-order valence-electron chi connectivity index (χ0n) is 13.3. The van der Waals surface area contributed by atoms with Crippen LogP contribution >= 0.6 is 0 Å². The van der Waals surface area contributed by atoms with Gasteiger partial charge in [-0.05, 0) is 42.9 Å². The van der Waals surface area contributed by atoms with Crippen LogP contribution in [-0.4, -0.2) is 34.0 Å². The first-order chi connectivity index (χ1) is 10.6. The molecular formula is C18H23N3O. The molecule has 1 aliphatic heterocycles. The van der Waals surface area contributed by atoms with Crippen LogP contribution in [0.1, 0.15) is 38.3 Å². The number of carbonyl (C=O) groups excluding carboxylic acids is 1. The first-order valence-electron chi connectivity index (χ1n) is 8.24. The van der Waals surface area contributed by atoms with Crippen molar-refractivity contribution in [1.82, 2.24) is 14.5 Å². The van der Waals surface area contributed by atoms with E-state index < -0.39 is 0 Å². The molecule has 2 aromatic rings. The molecule has 2 fully saturated rings. The van der Waals surface area contributed by atoms with E-state index in [9.17, 15) is 4.79 Å². The van der Waals surface area contributed by atoms with Crippen LogP contribution in [0.4, 0.5) is 0 Å². The molecule has 2 aliphatic rings. The van der Waals surface area contributed by atoms with E-state index in [1.807, 2.05) is 4.90 Å². The van der Waals surface area contributed by atoms with Gasteiger partial charge in [0, 0.05) is 42.3 Å². The molecule has 4 nitrogen and oxygen atoms in total. The molecule has 22 heavy (non-hydrogen) atoms. The lowest BCUT2D eigenvalue weighted by molar-refractivity contribution is -0.142. The molecule has 3 heterocycles. The third kappa shape index (κ3) is 2.13. The molecule has 0 N–H and O–H groups in total. The van der Waals surface area contributed by atoms with Crippen LogP contribution in [0.15, 0.2) is 24.4 Å². The number of aromatic nitrogens is 2. The summed E-state index contributed by atoms with van der Waals surface area (Å²) < 4.78 is 2.31. The zero-order valence-corrected chi connectivity index (χ0v) is 13.3. The van der Waals surface area contributed by atoms with E-state index in [0.717, 1.165) is 43.3 Å². The second-order valence-electron chi connectivity index (χ2n) is 7.56. The topological polar surface area (TPSA) is 38.1 Å². The Labute approximate surface area is 131 Å². The van der Waals surface area contributed by atoms with Crippen molar-refractivity contribution in [3.8, 4) is 0 Å². The van der Waals surface area contributed by atoms with E-state index in [4.69, 9.17) is 4.98 Å². The smallest absolute Gasteiger partial charge is 0.209 e. The highest BCUT2D eigenvalue weighted by Gasteiger charge is 2.51. The average molecular weight is 297 g/mol. The van der Waals surface area contributed by atoms with Crippen LogP contribution in [0, 0.1) is 11.3 Å². The molecule has 0 aromatic carbocycles. The number of rotatable bonds is 4. The molecular weight excluding hydrogens is 274 g/mol. The molecule has 1 saturated carbocycles. The van der Waals surface area contributed by atoms with Crippen LogP contribution in [-0.2, 0) is 11.3 Å². The molecule has 0 bridgehead atoms. The van der Waals surface area contributed by atoms with Gasteiger partial charge in [0.2, 0.25) is 6.41 Å².